The predicted octanol–water partition coefficient (Wildman–Crippen LogP) is 5.22. The second kappa shape index (κ2) is 7.69. The summed E-state index contributed by atoms with van der Waals surface area (Å²) < 4.78 is 2.12. The number of rotatable bonds is 3. The summed E-state index contributed by atoms with van der Waals surface area (Å²) in [4.78, 5) is 0. The van der Waals surface area contributed by atoms with Crippen molar-refractivity contribution in [3.05, 3.63) is 46.5 Å². The standard InChI is InChI=1S/C24H36NO2P/c1-15-11-17(23(3,4)5)21(26)19(13-15)28(25(9)10)20-14-16(2)12-18(22(20)27)24(6,7)8/h11-14,26-27H,1-10H3. The molecule has 0 aliphatic carbocycles. The first kappa shape index (κ1) is 22.7. The highest BCUT2D eigenvalue weighted by atomic mass is 31.1. The van der Waals surface area contributed by atoms with Crippen molar-refractivity contribution >= 4 is 18.7 Å². The van der Waals surface area contributed by atoms with E-state index in [9.17, 15) is 10.2 Å². The van der Waals surface area contributed by atoms with Crippen LogP contribution in [0, 0.1) is 13.8 Å². The van der Waals surface area contributed by atoms with Crippen LogP contribution in [0.2, 0.25) is 0 Å². The molecular formula is C24H36NO2P. The Labute approximate surface area is 172 Å². The lowest BCUT2D eigenvalue weighted by atomic mass is 9.85. The molecule has 0 aromatic heterocycles. The van der Waals surface area contributed by atoms with Gasteiger partial charge in [-0.25, -0.2) is 0 Å². The molecule has 0 atom stereocenters. The number of hydrogen-bond acceptors (Lipinski definition) is 3. The number of aryl methyl sites for hydroxylation is 2. The van der Waals surface area contributed by atoms with Gasteiger partial charge < -0.3 is 10.2 Å². The number of hydrogen-bond donors (Lipinski definition) is 2. The summed E-state index contributed by atoms with van der Waals surface area (Å²) >= 11 is 0. The van der Waals surface area contributed by atoms with E-state index in [0.29, 0.717) is 11.5 Å². The normalized spacial score (nSPS) is 12.9. The maximum atomic E-state index is 11.2. The van der Waals surface area contributed by atoms with Gasteiger partial charge in [0.15, 0.2) is 0 Å². The number of nitrogens with zero attached hydrogens (tertiary/aromatic N) is 1. The third kappa shape index (κ3) is 4.53. The van der Waals surface area contributed by atoms with Gasteiger partial charge in [0.2, 0.25) is 0 Å². The largest absolute Gasteiger partial charge is 0.507 e. The van der Waals surface area contributed by atoms with Crippen molar-refractivity contribution in [1.29, 1.82) is 0 Å². The van der Waals surface area contributed by atoms with Crippen molar-refractivity contribution in [2.75, 3.05) is 14.1 Å². The molecule has 2 rings (SSSR count). The van der Waals surface area contributed by atoms with Crippen LogP contribution in [-0.4, -0.2) is 29.0 Å². The highest BCUT2D eigenvalue weighted by molar-refractivity contribution is 7.71. The smallest absolute Gasteiger partial charge is 0.128 e. The van der Waals surface area contributed by atoms with Crippen LogP contribution < -0.4 is 10.6 Å². The highest BCUT2D eigenvalue weighted by Crippen LogP contribution is 2.46. The van der Waals surface area contributed by atoms with Crippen molar-refractivity contribution in [2.45, 2.75) is 66.2 Å². The molecule has 154 valence electrons. The van der Waals surface area contributed by atoms with Gasteiger partial charge >= 0.3 is 0 Å². The average molecular weight is 402 g/mol. The summed E-state index contributed by atoms with van der Waals surface area (Å²) in [6.07, 6.45) is 0. The Hall–Kier alpha value is -1.57. The number of phenols is 2. The Morgan fingerprint density at radius 1 is 0.679 bits per heavy atom. The number of aromatic hydroxyl groups is 2. The van der Waals surface area contributed by atoms with Crippen LogP contribution in [0.4, 0.5) is 0 Å². The van der Waals surface area contributed by atoms with Gasteiger partial charge in [-0.15, -0.1) is 0 Å². The first-order chi connectivity index (χ1) is 12.6. The molecule has 0 amide bonds. The third-order valence-corrected chi connectivity index (χ3v) is 7.34. The summed E-state index contributed by atoms with van der Waals surface area (Å²) in [6, 6.07) is 8.26. The molecule has 2 aromatic rings. The molecule has 0 aliphatic heterocycles. The summed E-state index contributed by atoms with van der Waals surface area (Å²) in [5.41, 5.74) is 3.80. The molecule has 0 radical (unpaired) electrons. The maximum absolute atomic E-state index is 11.2. The van der Waals surface area contributed by atoms with Gasteiger partial charge in [-0.2, -0.15) is 0 Å². The lowest BCUT2D eigenvalue weighted by Crippen LogP contribution is -2.27. The van der Waals surface area contributed by atoms with E-state index in [1.54, 1.807) is 0 Å². The minimum absolute atomic E-state index is 0.163. The van der Waals surface area contributed by atoms with Crippen molar-refractivity contribution < 1.29 is 10.2 Å². The fourth-order valence-electron chi connectivity index (χ4n) is 3.55. The molecule has 0 heterocycles. The zero-order valence-corrected chi connectivity index (χ0v) is 20.0. The van der Waals surface area contributed by atoms with E-state index in [2.05, 4.69) is 84.3 Å². The van der Waals surface area contributed by atoms with E-state index >= 15 is 0 Å². The summed E-state index contributed by atoms with van der Waals surface area (Å²) in [5, 5.41) is 24.2. The number of benzene rings is 2. The molecule has 0 saturated carbocycles. The summed E-state index contributed by atoms with van der Waals surface area (Å²) in [6.45, 7) is 16.8. The zero-order chi connectivity index (χ0) is 21.6. The quantitative estimate of drug-likeness (QED) is 0.693. The van der Waals surface area contributed by atoms with Crippen molar-refractivity contribution in [3.63, 3.8) is 0 Å². The second-order valence-electron chi connectivity index (χ2n) is 10.0. The zero-order valence-electron chi connectivity index (χ0n) is 19.1. The lowest BCUT2D eigenvalue weighted by Gasteiger charge is -2.32. The molecule has 28 heavy (non-hydrogen) atoms. The molecular weight excluding hydrogens is 365 g/mol. The van der Waals surface area contributed by atoms with Gasteiger partial charge in [0.1, 0.15) is 11.5 Å². The van der Waals surface area contributed by atoms with Crippen molar-refractivity contribution in [1.82, 2.24) is 4.67 Å². The average Bonchev–Trinajstić information content (AvgIpc) is 2.51. The molecule has 3 nitrogen and oxygen atoms in total. The topological polar surface area (TPSA) is 43.7 Å². The second-order valence-corrected chi connectivity index (χ2v) is 12.4. The molecule has 2 aromatic carbocycles. The monoisotopic (exact) mass is 401 g/mol. The summed E-state index contributed by atoms with van der Waals surface area (Å²) in [5.74, 6) is 0.687. The van der Waals surface area contributed by atoms with Gasteiger partial charge in [0.05, 0.1) is 0 Å². The Kier molecular flexibility index (Phi) is 6.24. The van der Waals surface area contributed by atoms with Crippen LogP contribution in [0.3, 0.4) is 0 Å². The van der Waals surface area contributed by atoms with Crippen LogP contribution in [0.5, 0.6) is 11.5 Å². The molecule has 2 N–H and O–H groups in total. The van der Waals surface area contributed by atoms with E-state index in [1.807, 2.05) is 14.1 Å². The molecule has 4 heteroatoms. The van der Waals surface area contributed by atoms with Crippen LogP contribution in [0.15, 0.2) is 24.3 Å². The van der Waals surface area contributed by atoms with E-state index in [0.717, 1.165) is 32.9 Å². The Morgan fingerprint density at radius 2 is 1.00 bits per heavy atom. The van der Waals surface area contributed by atoms with Gasteiger partial charge in [0, 0.05) is 29.8 Å². The summed E-state index contributed by atoms with van der Waals surface area (Å²) in [7, 11) is 2.96. The first-order valence-electron chi connectivity index (χ1n) is 9.80. The fourth-order valence-corrected chi connectivity index (χ4v) is 5.96. The van der Waals surface area contributed by atoms with Crippen molar-refractivity contribution in [2.24, 2.45) is 0 Å². The van der Waals surface area contributed by atoms with Crippen LogP contribution in [0.25, 0.3) is 0 Å². The maximum Gasteiger partial charge on any atom is 0.128 e. The van der Waals surface area contributed by atoms with Crippen LogP contribution >= 0.6 is 8.07 Å². The third-order valence-electron chi connectivity index (χ3n) is 4.94. The van der Waals surface area contributed by atoms with Gasteiger partial charge in [-0.05, 0) is 62.0 Å². The first-order valence-corrected chi connectivity index (χ1v) is 11.1. The fraction of sp³-hybridized carbons (Fsp3) is 0.500. The van der Waals surface area contributed by atoms with Gasteiger partial charge in [0.25, 0.3) is 0 Å². The molecule has 0 bridgehead atoms. The van der Waals surface area contributed by atoms with Crippen LogP contribution in [0.1, 0.15) is 63.8 Å². The SMILES string of the molecule is Cc1cc(P(c2cc(C)cc(C(C)(C)C)c2O)N(C)C)c(O)c(C(C)(C)C)c1. The van der Waals surface area contributed by atoms with Gasteiger partial charge in [-0.1, -0.05) is 53.7 Å². The highest BCUT2D eigenvalue weighted by Gasteiger charge is 2.30. The molecule has 0 aliphatic rings. The number of phenolic OH excluding ortho intramolecular Hbond substituents is 2. The Balaban J connectivity index is 2.84. The molecule has 0 spiro atoms. The lowest BCUT2D eigenvalue weighted by molar-refractivity contribution is 0.449. The molecule has 0 saturated heterocycles. The Morgan fingerprint density at radius 3 is 1.25 bits per heavy atom. The minimum atomic E-state index is -1.08. The van der Waals surface area contributed by atoms with Crippen LogP contribution in [-0.2, 0) is 10.8 Å². The van der Waals surface area contributed by atoms with E-state index in [4.69, 9.17) is 0 Å². The predicted molar refractivity (Wildman–Crippen MR) is 123 cm³/mol. The van der Waals surface area contributed by atoms with E-state index in [-0.39, 0.29) is 10.8 Å². The molecule has 0 unspecified atom stereocenters. The molecule has 0 fully saturated rings. The Bertz CT molecular complexity index is 804. The van der Waals surface area contributed by atoms with Crippen molar-refractivity contribution in [3.8, 4) is 11.5 Å². The van der Waals surface area contributed by atoms with Gasteiger partial charge in [-0.3, -0.25) is 4.67 Å². The minimum Gasteiger partial charge on any atom is -0.507 e. The van der Waals surface area contributed by atoms with E-state index in [1.165, 1.54) is 0 Å². The van der Waals surface area contributed by atoms with E-state index < -0.39 is 8.07 Å².